The van der Waals surface area contributed by atoms with Gasteiger partial charge in [-0.25, -0.2) is 19.9 Å². The van der Waals surface area contributed by atoms with Gasteiger partial charge in [-0.1, -0.05) is 0 Å². The molecule has 0 bridgehead atoms. The lowest BCUT2D eigenvalue weighted by Gasteiger charge is -2.36. The number of imidazole rings is 1. The van der Waals surface area contributed by atoms with Crippen LogP contribution in [0.4, 0.5) is 11.6 Å². The van der Waals surface area contributed by atoms with Crippen LogP contribution >= 0.6 is 11.3 Å². The van der Waals surface area contributed by atoms with Gasteiger partial charge in [0, 0.05) is 51.0 Å². The Morgan fingerprint density at radius 1 is 0.833 bits per heavy atom. The average molecular weight is 337 g/mol. The summed E-state index contributed by atoms with van der Waals surface area (Å²) in [5.74, 6) is 1.99. The van der Waals surface area contributed by atoms with Gasteiger partial charge in [0.05, 0.1) is 10.2 Å². The van der Waals surface area contributed by atoms with Crippen molar-refractivity contribution in [3.63, 3.8) is 0 Å². The largest absolute Gasteiger partial charge is 0.352 e. The number of piperazine rings is 1. The van der Waals surface area contributed by atoms with Crippen LogP contribution in [-0.2, 0) is 0 Å². The molecule has 1 saturated heterocycles. The van der Waals surface area contributed by atoms with Crippen LogP contribution in [0.2, 0.25) is 0 Å². The van der Waals surface area contributed by atoms with E-state index >= 15 is 0 Å². The van der Waals surface area contributed by atoms with Gasteiger partial charge in [0.15, 0.2) is 11.5 Å². The second-order valence-electron chi connectivity index (χ2n) is 5.72. The van der Waals surface area contributed by atoms with Crippen LogP contribution in [0.1, 0.15) is 0 Å². The fraction of sp³-hybridized carbons (Fsp3) is 0.250. The molecule has 5 heterocycles. The monoisotopic (exact) mass is 337 g/mol. The van der Waals surface area contributed by atoms with Crippen LogP contribution in [0.15, 0.2) is 42.6 Å². The Morgan fingerprint density at radius 3 is 2.42 bits per heavy atom. The number of aromatic nitrogens is 5. The Morgan fingerprint density at radius 2 is 1.58 bits per heavy atom. The van der Waals surface area contributed by atoms with E-state index in [9.17, 15) is 0 Å². The number of nitrogens with zero attached hydrogens (tertiary/aromatic N) is 7. The summed E-state index contributed by atoms with van der Waals surface area (Å²) in [5, 5.41) is 2.07. The normalized spacial score (nSPS) is 15.5. The van der Waals surface area contributed by atoms with Crippen molar-refractivity contribution in [1.29, 1.82) is 0 Å². The molecule has 1 fully saturated rings. The van der Waals surface area contributed by atoms with Gasteiger partial charge in [-0.2, -0.15) is 0 Å². The van der Waals surface area contributed by atoms with Crippen LogP contribution in [0.3, 0.4) is 0 Å². The molecule has 5 rings (SSSR count). The summed E-state index contributed by atoms with van der Waals surface area (Å²) >= 11 is 1.70. The highest BCUT2D eigenvalue weighted by Gasteiger charge is 2.22. The van der Waals surface area contributed by atoms with Gasteiger partial charge in [-0.15, -0.1) is 11.3 Å². The second-order valence-corrected chi connectivity index (χ2v) is 6.63. The molecule has 0 unspecified atom stereocenters. The zero-order chi connectivity index (χ0) is 15.9. The molecule has 8 heteroatoms. The molecule has 4 aromatic heterocycles. The summed E-state index contributed by atoms with van der Waals surface area (Å²) in [7, 11) is 0. The minimum Gasteiger partial charge on any atom is -0.352 e. The third kappa shape index (κ3) is 2.10. The van der Waals surface area contributed by atoms with Crippen LogP contribution in [0, 0.1) is 0 Å². The van der Waals surface area contributed by atoms with Gasteiger partial charge in [0.2, 0.25) is 0 Å². The van der Waals surface area contributed by atoms with Crippen molar-refractivity contribution in [2.75, 3.05) is 36.0 Å². The summed E-state index contributed by atoms with van der Waals surface area (Å²) in [5.41, 5.74) is 1.94. The van der Waals surface area contributed by atoms with Crippen molar-refractivity contribution in [2.24, 2.45) is 0 Å². The molecular formula is C16H15N7S. The molecule has 0 amide bonds. The zero-order valence-corrected chi connectivity index (χ0v) is 13.7. The van der Waals surface area contributed by atoms with Crippen molar-refractivity contribution < 1.29 is 0 Å². The van der Waals surface area contributed by atoms with E-state index in [-0.39, 0.29) is 0 Å². The lowest BCUT2D eigenvalue weighted by molar-refractivity contribution is 0.643. The lowest BCUT2D eigenvalue weighted by Crippen LogP contribution is -2.47. The number of thiophene rings is 1. The highest BCUT2D eigenvalue weighted by Crippen LogP contribution is 2.29. The Bertz CT molecular complexity index is 918. The molecule has 0 radical (unpaired) electrons. The first-order valence-electron chi connectivity index (χ1n) is 7.86. The van der Waals surface area contributed by atoms with Gasteiger partial charge < -0.3 is 14.2 Å². The summed E-state index contributed by atoms with van der Waals surface area (Å²) in [4.78, 5) is 22.5. The molecule has 4 aromatic rings. The molecule has 1 aliphatic rings. The lowest BCUT2D eigenvalue weighted by atomic mass is 10.3. The van der Waals surface area contributed by atoms with E-state index in [1.807, 2.05) is 35.3 Å². The molecule has 120 valence electrons. The first kappa shape index (κ1) is 13.7. The van der Waals surface area contributed by atoms with Crippen LogP contribution in [0.25, 0.3) is 15.9 Å². The third-order valence-electron chi connectivity index (χ3n) is 4.40. The fourth-order valence-corrected chi connectivity index (χ4v) is 4.06. The maximum Gasteiger partial charge on any atom is 0.180 e. The minimum atomic E-state index is 0.899. The summed E-state index contributed by atoms with van der Waals surface area (Å²) < 4.78 is 3.17. The zero-order valence-electron chi connectivity index (χ0n) is 12.9. The minimum absolute atomic E-state index is 0.899. The van der Waals surface area contributed by atoms with Crippen molar-refractivity contribution in [3.8, 4) is 0 Å². The summed E-state index contributed by atoms with van der Waals surface area (Å²) in [6.07, 6.45) is 9.17. The number of fused-ring (bicyclic) bond motifs is 2. The van der Waals surface area contributed by atoms with Gasteiger partial charge >= 0.3 is 0 Å². The maximum atomic E-state index is 4.54. The summed E-state index contributed by atoms with van der Waals surface area (Å²) in [6, 6.07) is 2.05. The van der Waals surface area contributed by atoms with Gasteiger partial charge in [0.25, 0.3) is 0 Å². The number of rotatable bonds is 2. The highest BCUT2D eigenvalue weighted by molar-refractivity contribution is 7.17. The van der Waals surface area contributed by atoms with E-state index in [1.165, 1.54) is 4.70 Å². The van der Waals surface area contributed by atoms with E-state index in [2.05, 4.69) is 35.1 Å². The van der Waals surface area contributed by atoms with E-state index in [0.29, 0.717) is 0 Å². The topological polar surface area (TPSA) is 62.5 Å². The SMILES string of the molecule is c1cn2ccnc2c(N2CCN(c3ncnc4ccsc34)CC2)n1. The predicted molar refractivity (Wildman–Crippen MR) is 94.8 cm³/mol. The van der Waals surface area contributed by atoms with Crippen LogP contribution in [-0.4, -0.2) is 50.5 Å². The van der Waals surface area contributed by atoms with Crippen molar-refractivity contribution in [2.45, 2.75) is 0 Å². The molecule has 0 aromatic carbocycles. The number of hydrogen-bond donors (Lipinski definition) is 0. The molecule has 1 aliphatic heterocycles. The average Bonchev–Trinajstić information content (AvgIpc) is 3.30. The molecule has 7 nitrogen and oxygen atoms in total. The Labute approximate surface area is 142 Å². The highest BCUT2D eigenvalue weighted by atomic mass is 32.1. The standard InChI is InChI=1S/C16H15N7S/c1-10-24-13-12(1)19-11-20-14(13)22-6-8-23(9-7-22)16-15-17-2-4-21(15)5-3-18-16/h1-5,10-11H,6-9H2. The predicted octanol–water partition coefficient (Wildman–Crippen LogP) is 2.06. The Hall–Kier alpha value is -2.74. The van der Waals surface area contributed by atoms with Gasteiger partial charge in [-0.05, 0) is 11.4 Å². The smallest absolute Gasteiger partial charge is 0.180 e. The van der Waals surface area contributed by atoms with Crippen molar-refractivity contribution >= 4 is 38.8 Å². The first-order valence-corrected chi connectivity index (χ1v) is 8.74. The maximum absolute atomic E-state index is 4.54. The van der Waals surface area contributed by atoms with Crippen molar-refractivity contribution in [3.05, 3.63) is 42.6 Å². The Kier molecular flexibility index (Phi) is 3.08. The summed E-state index contributed by atoms with van der Waals surface area (Å²) in [6.45, 7) is 3.62. The third-order valence-corrected chi connectivity index (χ3v) is 5.30. The van der Waals surface area contributed by atoms with Gasteiger partial charge in [0.1, 0.15) is 12.1 Å². The van der Waals surface area contributed by atoms with Crippen LogP contribution in [0.5, 0.6) is 0 Å². The molecule has 0 atom stereocenters. The number of anilines is 2. The van der Waals surface area contributed by atoms with E-state index < -0.39 is 0 Å². The van der Waals surface area contributed by atoms with E-state index in [0.717, 1.165) is 49.0 Å². The van der Waals surface area contributed by atoms with Gasteiger partial charge in [-0.3, -0.25) is 0 Å². The molecule has 0 aliphatic carbocycles. The second kappa shape index (κ2) is 5.41. The molecule has 0 N–H and O–H groups in total. The first-order chi connectivity index (χ1) is 11.9. The van der Waals surface area contributed by atoms with Crippen LogP contribution < -0.4 is 9.80 Å². The van der Waals surface area contributed by atoms with E-state index in [1.54, 1.807) is 17.7 Å². The molecule has 0 saturated carbocycles. The van der Waals surface area contributed by atoms with Crippen molar-refractivity contribution in [1.82, 2.24) is 24.3 Å². The number of hydrogen-bond acceptors (Lipinski definition) is 7. The Balaban J connectivity index is 1.41. The molecule has 24 heavy (non-hydrogen) atoms. The van der Waals surface area contributed by atoms with E-state index in [4.69, 9.17) is 0 Å². The quantitative estimate of drug-likeness (QED) is 0.558. The molecule has 0 spiro atoms. The molecular weight excluding hydrogens is 322 g/mol. The fourth-order valence-electron chi connectivity index (χ4n) is 3.19.